The van der Waals surface area contributed by atoms with Gasteiger partial charge < -0.3 is 14.8 Å². The largest absolute Gasteiger partial charge is 0.490 e. The summed E-state index contributed by atoms with van der Waals surface area (Å²) in [5.41, 5.74) is 6.21. The lowest BCUT2D eigenvalue weighted by atomic mass is 9.77. The van der Waals surface area contributed by atoms with Gasteiger partial charge in [-0.2, -0.15) is 0 Å². The minimum atomic E-state index is -0.308. The van der Waals surface area contributed by atoms with E-state index in [1.807, 2.05) is 25.1 Å². The highest BCUT2D eigenvalue weighted by molar-refractivity contribution is 6.32. The van der Waals surface area contributed by atoms with E-state index in [9.17, 15) is 4.39 Å². The van der Waals surface area contributed by atoms with Crippen molar-refractivity contribution in [1.82, 2.24) is 0 Å². The Kier molecular flexibility index (Phi) is 7.56. The molecule has 6 rings (SSSR count). The summed E-state index contributed by atoms with van der Waals surface area (Å²) >= 11 is 6.58. The predicted molar refractivity (Wildman–Crippen MR) is 160 cm³/mol. The third-order valence-corrected chi connectivity index (χ3v) is 7.77. The van der Waals surface area contributed by atoms with E-state index >= 15 is 0 Å². The van der Waals surface area contributed by atoms with Crippen LogP contribution in [-0.4, -0.2) is 12.8 Å². The number of aliphatic imine (C=N–C) groups is 1. The predicted octanol–water partition coefficient (Wildman–Crippen LogP) is 9.03. The number of hydrogen-bond acceptors (Lipinski definition) is 4. The van der Waals surface area contributed by atoms with Gasteiger partial charge in [-0.3, -0.25) is 4.99 Å². The molecule has 0 saturated heterocycles. The minimum absolute atomic E-state index is 0.177. The molecule has 2 aliphatic rings. The van der Waals surface area contributed by atoms with Crippen LogP contribution in [0.3, 0.4) is 0 Å². The average molecular weight is 553 g/mol. The fourth-order valence-corrected chi connectivity index (χ4v) is 5.91. The number of anilines is 1. The van der Waals surface area contributed by atoms with Crippen molar-refractivity contribution in [1.29, 1.82) is 0 Å². The summed E-state index contributed by atoms with van der Waals surface area (Å²) in [6.45, 7) is 2.53. The topological polar surface area (TPSA) is 42.8 Å². The summed E-state index contributed by atoms with van der Waals surface area (Å²) in [5, 5.41) is 4.18. The molecule has 4 aromatic carbocycles. The maximum Gasteiger partial charge on any atom is 0.180 e. The first-order valence-corrected chi connectivity index (χ1v) is 14.0. The summed E-state index contributed by atoms with van der Waals surface area (Å²) < 4.78 is 25.3. The van der Waals surface area contributed by atoms with E-state index in [0.29, 0.717) is 40.5 Å². The maximum absolute atomic E-state index is 13.5. The molecule has 6 heteroatoms. The van der Waals surface area contributed by atoms with Crippen LogP contribution < -0.4 is 14.8 Å². The molecule has 0 saturated carbocycles. The van der Waals surface area contributed by atoms with Crippen LogP contribution >= 0.6 is 11.6 Å². The number of para-hydroxylation sites is 1. The van der Waals surface area contributed by atoms with Crippen molar-refractivity contribution in [3.8, 4) is 11.5 Å². The van der Waals surface area contributed by atoms with E-state index in [1.54, 1.807) is 24.4 Å². The minimum Gasteiger partial charge on any atom is -0.490 e. The first kappa shape index (κ1) is 26.1. The van der Waals surface area contributed by atoms with Gasteiger partial charge in [-0.1, -0.05) is 66.2 Å². The summed E-state index contributed by atoms with van der Waals surface area (Å²) in [7, 11) is 0. The lowest BCUT2D eigenvalue weighted by molar-refractivity contribution is 0.269. The Labute approximate surface area is 239 Å². The third-order valence-electron chi connectivity index (χ3n) is 7.49. The van der Waals surface area contributed by atoms with E-state index in [2.05, 4.69) is 58.9 Å². The molecule has 0 spiro atoms. The second-order valence-corrected chi connectivity index (χ2v) is 10.5. The van der Waals surface area contributed by atoms with Crippen LogP contribution in [0.2, 0.25) is 5.02 Å². The zero-order valence-corrected chi connectivity index (χ0v) is 22.9. The molecule has 0 fully saturated rings. The Morgan fingerprint density at radius 2 is 1.85 bits per heavy atom. The van der Waals surface area contributed by atoms with Gasteiger partial charge in [0.15, 0.2) is 11.5 Å². The van der Waals surface area contributed by atoms with Crippen molar-refractivity contribution in [2.75, 3.05) is 11.9 Å². The Balaban J connectivity index is 1.18. The Morgan fingerprint density at radius 3 is 2.67 bits per heavy atom. The number of rotatable bonds is 8. The van der Waals surface area contributed by atoms with Gasteiger partial charge in [-0.25, -0.2) is 4.39 Å². The van der Waals surface area contributed by atoms with Crippen molar-refractivity contribution < 1.29 is 13.9 Å². The van der Waals surface area contributed by atoms with Crippen molar-refractivity contribution >= 4 is 29.2 Å². The molecule has 0 unspecified atom stereocenters. The van der Waals surface area contributed by atoms with Crippen molar-refractivity contribution in [2.45, 2.75) is 31.9 Å². The van der Waals surface area contributed by atoms with Crippen LogP contribution in [0.5, 0.6) is 11.5 Å². The van der Waals surface area contributed by atoms with Crippen LogP contribution in [0.25, 0.3) is 0 Å². The molecule has 3 atom stereocenters. The normalized spacial score (nSPS) is 19.2. The number of nitrogens with zero attached hydrogens (tertiary/aromatic N) is 1. The molecule has 1 heterocycles. The fourth-order valence-electron chi connectivity index (χ4n) is 5.64. The Hall–Kier alpha value is -4.09. The molecule has 4 nitrogen and oxygen atoms in total. The summed E-state index contributed by atoms with van der Waals surface area (Å²) in [4.78, 5) is 4.69. The smallest absolute Gasteiger partial charge is 0.180 e. The van der Waals surface area contributed by atoms with Gasteiger partial charge >= 0.3 is 0 Å². The highest BCUT2D eigenvalue weighted by atomic mass is 35.5. The van der Waals surface area contributed by atoms with E-state index in [-0.39, 0.29) is 18.5 Å². The molecular formula is C34H30ClFN2O2. The van der Waals surface area contributed by atoms with Gasteiger partial charge in [0.2, 0.25) is 0 Å². The zero-order valence-electron chi connectivity index (χ0n) is 22.2. The first-order chi connectivity index (χ1) is 19.6. The van der Waals surface area contributed by atoms with Gasteiger partial charge in [-0.05, 0) is 84.0 Å². The number of fused-ring (bicyclic) bond motifs is 3. The van der Waals surface area contributed by atoms with E-state index < -0.39 is 0 Å². The van der Waals surface area contributed by atoms with Gasteiger partial charge in [0, 0.05) is 17.8 Å². The monoisotopic (exact) mass is 552 g/mol. The number of nitrogens with one attached hydrogen (secondary N) is 1. The van der Waals surface area contributed by atoms with Crippen LogP contribution in [0.1, 0.15) is 47.6 Å². The van der Waals surface area contributed by atoms with Crippen LogP contribution in [0.15, 0.2) is 102 Å². The van der Waals surface area contributed by atoms with Crippen molar-refractivity contribution in [3.63, 3.8) is 0 Å². The second-order valence-electron chi connectivity index (χ2n) is 10.1. The summed E-state index contributed by atoms with van der Waals surface area (Å²) in [5.74, 6) is 1.59. The van der Waals surface area contributed by atoms with Crippen LogP contribution in [0, 0.1) is 11.7 Å². The molecule has 0 radical (unpaired) electrons. The fraction of sp³-hybridized carbons (Fsp3) is 0.206. The molecule has 40 heavy (non-hydrogen) atoms. The molecule has 1 N–H and O–H groups in total. The Bertz CT molecular complexity index is 1570. The highest BCUT2D eigenvalue weighted by Gasteiger charge is 2.37. The van der Waals surface area contributed by atoms with Crippen LogP contribution in [0.4, 0.5) is 15.8 Å². The summed E-state index contributed by atoms with van der Waals surface area (Å²) in [6, 6.07) is 27.2. The third kappa shape index (κ3) is 5.47. The lowest BCUT2D eigenvalue weighted by Gasteiger charge is -2.37. The highest BCUT2D eigenvalue weighted by Crippen LogP contribution is 2.49. The van der Waals surface area contributed by atoms with Crippen LogP contribution in [-0.2, 0) is 6.61 Å². The van der Waals surface area contributed by atoms with Crippen molar-refractivity contribution in [3.05, 3.63) is 130 Å². The standard InChI is InChI=1S/C34H30ClFN2O2/c1-2-39-32-19-23(18-30(35)34(32)40-21-22-7-5-8-25(36)17-22)20-37-26-15-13-24(14-16-26)33-29-11-6-10-27(29)28-9-3-4-12-31(28)38-33/h3-10,12-20,27,29,33,38H,2,11,21H2,1H3/t27-,29-,33+/m1/s1. The zero-order chi connectivity index (χ0) is 27.5. The van der Waals surface area contributed by atoms with E-state index in [1.165, 1.54) is 28.9 Å². The van der Waals surface area contributed by atoms with Crippen molar-refractivity contribution in [2.24, 2.45) is 10.9 Å². The second kappa shape index (κ2) is 11.6. The number of benzene rings is 4. The molecule has 0 bridgehead atoms. The SMILES string of the molecule is CCOc1cc(C=Nc2ccc([C@@H]3Nc4ccccc4[C@H]4C=CC[C@H]43)cc2)cc(Cl)c1OCc1cccc(F)c1. The number of ether oxygens (including phenoxy) is 2. The van der Waals surface area contributed by atoms with Gasteiger partial charge in [0.1, 0.15) is 12.4 Å². The molecule has 0 amide bonds. The quantitative estimate of drug-likeness (QED) is 0.175. The van der Waals surface area contributed by atoms with Gasteiger partial charge in [0.25, 0.3) is 0 Å². The number of hydrogen-bond donors (Lipinski definition) is 1. The van der Waals surface area contributed by atoms with Gasteiger partial charge in [0.05, 0.1) is 23.4 Å². The number of halogens is 2. The lowest BCUT2D eigenvalue weighted by Crippen LogP contribution is -2.28. The van der Waals surface area contributed by atoms with Gasteiger partial charge in [-0.15, -0.1) is 0 Å². The summed E-state index contributed by atoms with van der Waals surface area (Å²) in [6.07, 6.45) is 7.51. The average Bonchev–Trinajstić information content (AvgIpc) is 3.46. The Morgan fingerprint density at radius 1 is 1.00 bits per heavy atom. The molecule has 202 valence electrons. The molecule has 1 aliphatic heterocycles. The molecule has 4 aromatic rings. The van der Waals surface area contributed by atoms with E-state index in [4.69, 9.17) is 21.1 Å². The first-order valence-electron chi connectivity index (χ1n) is 13.6. The van der Waals surface area contributed by atoms with E-state index in [0.717, 1.165) is 17.7 Å². The molecule has 0 aromatic heterocycles. The maximum atomic E-state index is 13.5. The molecule has 1 aliphatic carbocycles. The number of allylic oxidation sites excluding steroid dienone is 2. The molecular weight excluding hydrogens is 523 g/mol.